The van der Waals surface area contributed by atoms with Crippen molar-refractivity contribution >= 4 is 5.91 Å². The summed E-state index contributed by atoms with van der Waals surface area (Å²) in [6, 6.07) is 7.63. The van der Waals surface area contributed by atoms with Crippen LogP contribution >= 0.6 is 0 Å². The summed E-state index contributed by atoms with van der Waals surface area (Å²) in [6.45, 7) is 5.80. The number of hydrogen-bond donors (Lipinski definition) is 1. The molecule has 1 amide bonds. The minimum absolute atomic E-state index is 0.0281. The zero-order valence-electron chi connectivity index (χ0n) is 10.4. The number of hydrazine groups is 1. The molecule has 3 nitrogen and oxygen atoms in total. The van der Waals surface area contributed by atoms with Gasteiger partial charge in [0.1, 0.15) is 0 Å². The molecule has 1 N–H and O–H groups in total. The molecule has 0 unspecified atom stereocenters. The number of rotatable bonds is 2. The van der Waals surface area contributed by atoms with Crippen molar-refractivity contribution in [1.82, 2.24) is 10.4 Å². The summed E-state index contributed by atoms with van der Waals surface area (Å²) in [6.07, 6.45) is 3.22. The molecule has 0 aliphatic carbocycles. The van der Waals surface area contributed by atoms with Gasteiger partial charge in [0, 0.05) is 18.7 Å². The van der Waals surface area contributed by atoms with Gasteiger partial charge in [0.2, 0.25) is 0 Å². The van der Waals surface area contributed by atoms with Crippen molar-refractivity contribution in [3.63, 3.8) is 0 Å². The highest BCUT2D eigenvalue weighted by molar-refractivity contribution is 5.93. The second-order valence-electron chi connectivity index (χ2n) is 4.57. The summed E-state index contributed by atoms with van der Waals surface area (Å²) in [7, 11) is 0. The molecule has 1 aliphatic heterocycles. The largest absolute Gasteiger partial charge is 0.284 e. The van der Waals surface area contributed by atoms with Crippen LogP contribution in [0.5, 0.6) is 0 Å². The van der Waals surface area contributed by atoms with E-state index in [-0.39, 0.29) is 5.91 Å². The maximum absolute atomic E-state index is 12.0. The van der Waals surface area contributed by atoms with E-state index in [9.17, 15) is 4.79 Å². The normalized spacial score (nSPS) is 16.5. The first-order valence-electron chi connectivity index (χ1n) is 5.93. The molecule has 0 saturated carbocycles. The van der Waals surface area contributed by atoms with Gasteiger partial charge in [-0.1, -0.05) is 29.3 Å². The van der Waals surface area contributed by atoms with E-state index in [1.54, 1.807) is 0 Å². The predicted octanol–water partition coefficient (Wildman–Crippen LogP) is 2.29. The number of nitrogens with zero attached hydrogens (tertiary/aromatic N) is 1. The van der Waals surface area contributed by atoms with Crippen molar-refractivity contribution < 1.29 is 4.79 Å². The Kier molecular flexibility index (Phi) is 3.59. The second kappa shape index (κ2) is 5.15. The molecule has 0 atom stereocenters. The Bertz CT molecular complexity index is 434. The van der Waals surface area contributed by atoms with Crippen molar-refractivity contribution in [2.45, 2.75) is 20.3 Å². The third kappa shape index (κ3) is 3.17. The number of aryl methyl sites for hydroxylation is 1. The molecular weight excluding hydrogens is 212 g/mol. The quantitative estimate of drug-likeness (QED) is 0.791. The lowest BCUT2D eigenvalue weighted by atomic mass is 10.1. The third-order valence-electron chi connectivity index (χ3n) is 2.91. The van der Waals surface area contributed by atoms with Crippen LogP contribution in [0.1, 0.15) is 29.3 Å². The van der Waals surface area contributed by atoms with Crippen LogP contribution in [0.3, 0.4) is 0 Å². The fourth-order valence-electron chi connectivity index (χ4n) is 1.92. The molecule has 90 valence electrons. The minimum atomic E-state index is -0.0281. The molecule has 0 saturated heterocycles. The van der Waals surface area contributed by atoms with E-state index in [1.165, 1.54) is 11.1 Å². The van der Waals surface area contributed by atoms with Gasteiger partial charge >= 0.3 is 0 Å². The van der Waals surface area contributed by atoms with Gasteiger partial charge in [-0.15, -0.1) is 0 Å². The fraction of sp³-hybridized carbons (Fsp3) is 0.357. The summed E-state index contributed by atoms with van der Waals surface area (Å²) in [5.41, 5.74) is 6.12. The van der Waals surface area contributed by atoms with E-state index in [4.69, 9.17) is 0 Å². The van der Waals surface area contributed by atoms with Crippen LogP contribution in [0.2, 0.25) is 0 Å². The van der Waals surface area contributed by atoms with Crippen molar-refractivity contribution in [2.24, 2.45) is 0 Å². The van der Waals surface area contributed by atoms with Gasteiger partial charge in [-0.2, -0.15) is 0 Å². The third-order valence-corrected chi connectivity index (χ3v) is 2.91. The van der Waals surface area contributed by atoms with Crippen molar-refractivity contribution in [1.29, 1.82) is 0 Å². The van der Waals surface area contributed by atoms with Crippen LogP contribution in [0.25, 0.3) is 0 Å². The summed E-state index contributed by atoms with van der Waals surface area (Å²) in [5.74, 6) is -0.0281. The fourth-order valence-corrected chi connectivity index (χ4v) is 1.92. The van der Waals surface area contributed by atoms with Crippen LogP contribution in [0, 0.1) is 6.92 Å². The topological polar surface area (TPSA) is 32.3 Å². The van der Waals surface area contributed by atoms with Crippen LogP contribution in [0.15, 0.2) is 35.9 Å². The Morgan fingerprint density at radius 2 is 1.94 bits per heavy atom. The molecule has 0 radical (unpaired) electrons. The van der Waals surface area contributed by atoms with Crippen molar-refractivity contribution in [3.8, 4) is 0 Å². The Morgan fingerprint density at radius 1 is 1.24 bits per heavy atom. The minimum Gasteiger partial charge on any atom is -0.284 e. The predicted molar refractivity (Wildman–Crippen MR) is 68.6 cm³/mol. The average Bonchev–Trinajstić information content (AvgIpc) is 2.29. The second-order valence-corrected chi connectivity index (χ2v) is 4.57. The molecule has 3 heteroatoms. The van der Waals surface area contributed by atoms with E-state index in [0.29, 0.717) is 5.56 Å². The molecule has 1 heterocycles. The molecule has 0 aromatic heterocycles. The number of amides is 1. The van der Waals surface area contributed by atoms with Crippen molar-refractivity contribution in [2.75, 3.05) is 13.1 Å². The van der Waals surface area contributed by atoms with Crippen LogP contribution < -0.4 is 5.43 Å². The number of carbonyl (C=O) groups is 1. The molecule has 1 aliphatic rings. The molecule has 0 spiro atoms. The first-order chi connectivity index (χ1) is 8.15. The Labute approximate surface area is 102 Å². The number of benzene rings is 1. The van der Waals surface area contributed by atoms with Gasteiger partial charge in [-0.25, -0.2) is 5.01 Å². The number of nitrogens with one attached hydrogen (secondary N) is 1. The van der Waals surface area contributed by atoms with Crippen LogP contribution in [-0.2, 0) is 0 Å². The number of hydrogen-bond acceptors (Lipinski definition) is 2. The highest BCUT2D eigenvalue weighted by atomic mass is 16.2. The van der Waals surface area contributed by atoms with E-state index in [0.717, 1.165) is 19.5 Å². The molecular formula is C14H18N2O. The Morgan fingerprint density at radius 3 is 2.59 bits per heavy atom. The monoisotopic (exact) mass is 230 g/mol. The standard InChI is InChI=1S/C14H18N2O/c1-11-5-7-13(8-6-11)14(17)15-16-9-3-4-12(2)10-16/h4-8H,3,9-10H2,1-2H3,(H,15,17). The zero-order chi connectivity index (χ0) is 12.3. The summed E-state index contributed by atoms with van der Waals surface area (Å²) >= 11 is 0. The first-order valence-corrected chi connectivity index (χ1v) is 5.93. The maximum Gasteiger partial charge on any atom is 0.265 e. The highest BCUT2D eigenvalue weighted by Crippen LogP contribution is 2.08. The van der Waals surface area contributed by atoms with E-state index >= 15 is 0 Å². The van der Waals surface area contributed by atoms with Gasteiger partial charge in [0.25, 0.3) is 5.91 Å². The smallest absolute Gasteiger partial charge is 0.265 e. The Hall–Kier alpha value is -1.61. The van der Waals surface area contributed by atoms with Gasteiger partial charge < -0.3 is 0 Å². The van der Waals surface area contributed by atoms with Crippen LogP contribution in [-0.4, -0.2) is 24.0 Å². The number of carbonyl (C=O) groups excluding carboxylic acids is 1. The molecule has 2 rings (SSSR count). The lowest BCUT2D eigenvalue weighted by Crippen LogP contribution is -2.44. The lowest BCUT2D eigenvalue weighted by Gasteiger charge is -2.26. The van der Waals surface area contributed by atoms with Gasteiger partial charge in [0.05, 0.1) is 0 Å². The Balaban J connectivity index is 1.97. The van der Waals surface area contributed by atoms with Crippen molar-refractivity contribution in [3.05, 3.63) is 47.0 Å². The van der Waals surface area contributed by atoms with Gasteiger partial charge in [-0.05, 0) is 32.4 Å². The SMILES string of the molecule is CC1=CCCN(NC(=O)c2ccc(C)cc2)C1. The molecule has 1 aromatic carbocycles. The zero-order valence-corrected chi connectivity index (χ0v) is 10.4. The lowest BCUT2D eigenvalue weighted by molar-refractivity contribution is 0.0799. The summed E-state index contributed by atoms with van der Waals surface area (Å²) in [5, 5.41) is 1.97. The molecule has 1 aromatic rings. The summed E-state index contributed by atoms with van der Waals surface area (Å²) < 4.78 is 0. The van der Waals surface area contributed by atoms with Gasteiger partial charge in [-0.3, -0.25) is 10.2 Å². The maximum atomic E-state index is 12.0. The van der Waals surface area contributed by atoms with E-state index in [2.05, 4.69) is 18.4 Å². The van der Waals surface area contributed by atoms with E-state index in [1.807, 2.05) is 36.2 Å². The molecule has 0 bridgehead atoms. The van der Waals surface area contributed by atoms with E-state index < -0.39 is 0 Å². The highest BCUT2D eigenvalue weighted by Gasteiger charge is 2.13. The molecule has 0 fully saturated rings. The molecule has 17 heavy (non-hydrogen) atoms. The van der Waals surface area contributed by atoms with Gasteiger partial charge in [0.15, 0.2) is 0 Å². The first kappa shape index (κ1) is 11.9. The van der Waals surface area contributed by atoms with Crippen LogP contribution in [0.4, 0.5) is 0 Å². The average molecular weight is 230 g/mol. The summed E-state index contributed by atoms with van der Waals surface area (Å²) in [4.78, 5) is 12.0.